The van der Waals surface area contributed by atoms with Crippen molar-refractivity contribution in [2.45, 2.75) is 18.7 Å². The van der Waals surface area contributed by atoms with Gasteiger partial charge in [0.05, 0.1) is 23.4 Å². The second-order valence-electron chi connectivity index (χ2n) is 8.17. The van der Waals surface area contributed by atoms with Crippen LogP contribution in [0.1, 0.15) is 13.8 Å². The van der Waals surface area contributed by atoms with Crippen LogP contribution in [0.25, 0.3) is 0 Å². The molecule has 0 aliphatic carbocycles. The molecule has 15 heteroatoms. The third-order valence-corrected chi connectivity index (χ3v) is 6.37. The summed E-state index contributed by atoms with van der Waals surface area (Å²) in [6, 6.07) is 19.0. The van der Waals surface area contributed by atoms with Crippen LogP contribution in [-0.4, -0.2) is 49.8 Å². The molecule has 3 aromatic rings. The van der Waals surface area contributed by atoms with Gasteiger partial charge in [-0.05, 0) is 80.7 Å². The number of hydrogen-bond donors (Lipinski definition) is 7. The van der Waals surface area contributed by atoms with E-state index in [1.165, 1.54) is 44.5 Å². The van der Waals surface area contributed by atoms with Gasteiger partial charge in [0.1, 0.15) is 11.5 Å². The van der Waals surface area contributed by atoms with E-state index in [0.717, 1.165) is 0 Å². The predicted octanol–water partition coefficient (Wildman–Crippen LogP) is 3.99. The van der Waals surface area contributed by atoms with Crippen molar-refractivity contribution in [2.75, 3.05) is 29.6 Å². The molecule has 240 valence electrons. The van der Waals surface area contributed by atoms with Gasteiger partial charge in [0.15, 0.2) is 0 Å². The van der Waals surface area contributed by atoms with Crippen molar-refractivity contribution in [2.24, 2.45) is 5.73 Å². The van der Waals surface area contributed by atoms with Crippen molar-refractivity contribution >= 4 is 43.2 Å². The van der Waals surface area contributed by atoms with E-state index in [4.69, 9.17) is 36.1 Å². The van der Waals surface area contributed by atoms with Gasteiger partial charge in [-0.25, -0.2) is 0 Å². The highest BCUT2D eigenvalue weighted by molar-refractivity contribution is 7.86. The maximum Gasteiger partial charge on any atom is 0.294 e. The molecule has 0 bridgehead atoms. The molecule has 0 aliphatic heterocycles. The summed E-state index contributed by atoms with van der Waals surface area (Å²) in [7, 11) is -6.22. The molecule has 0 fully saturated rings. The second-order valence-corrected chi connectivity index (χ2v) is 11.3. The summed E-state index contributed by atoms with van der Waals surface area (Å²) in [5.41, 5.74) is 18.3. The van der Waals surface area contributed by atoms with E-state index in [2.05, 4.69) is 5.32 Å². The minimum atomic E-state index is -4.08. The number of carbonyl (C=O) groups is 1. The second kappa shape index (κ2) is 20.1. The highest BCUT2D eigenvalue weighted by Crippen LogP contribution is 2.27. The molecule has 10 N–H and O–H groups in total. The topological polar surface area (TPSA) is 245 Å². The number of amides is 1. The number of anilines is 3. The largest absolute Gasteiger partial charge is 0.508 e. The van der Waals surface area contributed by atoms with E-state index in [-0.39, 0.29) is 16.6 Å². The Hall–Kier alpha value is -4.83. The quantitative estimate of drug-likeness (QED) is 0.0830. The van der Waals surface area contributed by atoms with Crippen molar-refractivity contribution < 1.29 is 40.6 Å². The van der Waals surface area contributed by atoms with Gasteiger partial charge >= 0.3 is 0 Å². The molecule has 0 spiro atoms. The average Bonchev–Trinajstić information content (AvgIpc) is 2.97. The lowest BCUT2D eigenvalue weighted by Crippen LogP contribution is -2.14. The molecule has 0 unspecified atom stereocenters. The number of rotatable bonds is 7. The number of para-hydroxylation sites is 1. The van der Waals surface area contributed by atoms with E-state index < -0.39 is 20.2 Å². The lowest BCUT2D eigenvalue weighted by molar-refractivity contribution is -0.112. The van der Waals surface area contributed by atoms with Gasteiger partial charge in [-0.1, -0.05) is 30.4 Å². The molecule has 0 saturated carbocycles. The first kappa shape index (κ1) is 39.2. The summed E-state index contributed by atoms with van der Waals surface area (Å²) in [6.45, 7) is 3.20. The first-order valence-corrected chi connectivity index (χ1v) is 15.6. The number of hydrogen-bond acceptors (Lipinski definition) is 10. The number of phenols is 1. The number of nitrogen functional groups attached to an aromatic ring is 2. The zero-order chi connectivity index (χ0) is 33.8. The molecule has 0 atom stereocenters. The molecule has 3 rings (SSSR count). The smallest absolute Gasteiger partial charge is 0.294 e. The minimum absolute atomic E-state index is 0.147. The first-order chi connectivity index (χ1) is 20.6. The van der Waals surface area contributed by atoms with E-state index in [1.54, 1.807) is 66.8 Å². The Balaban J connectivity index is 0.000000640. The van der Waals surface area contributed by atoms with Crippen LogP contribution in [0.2, 0.25) is 0 Å². The summed E-state index contributed by atoms with van der Waals surface area (Å²) in [4.78, 5) is 12.0. The van der Waals surface area contributed by atoms with Crippen molar-refractivity contribution in [3.8, 4) is 11.5 Å². The normalized spacial score (nSPS) is 11.2. The molecule has 3 aromatic carbocycles. The molecule has 0 aliphatic rings. The maximum atomic E-state index is 12.2. The standard InChI is InChI=1S/C15H19N3O2.C6H7NO3S.C6H6O.C2H6O3S/c1-3-5-11(6-4-9-16)15(19)18-13-8-7-12(17)10-14(13)20-2;7-5-1-3-6(4-2-5)11(8,9)10;7-6-4-2-1-3-5-6;1-2-6(3,4)5/h3-10H,16-17H2,1-2H3,(H,18,19);1-4H,7H2,(H,8,9,10);1-5,7H;2H2,1H3,(H,3,4,5)/b5-3-,9-4+,11-6+;;;. The van der Waals surface area contributed by atoms with Gasteiger partial charge in [0.25, 0.3) is 26.1 Å². The lowest BCUT2D eigenvalue weighted by Gasteiger charge is -2.11. The van der Waals surface area contributed by atoms with Crippen LogP contribution in [0.15, 0.2) is 114 Å². The first-order valence-electron chi connectivity index (χ1n) is 12.6. The number of carbonyl (C=O) groups excluding carboxylic acids is 1. The summed E-state index contributed by atoms with van der Waals surface area (Å²) in [5.74, 6) is 0.367. The number of nitrogens with two attached hydrogens (primary N) is 3. The van der Waals surface area contributed by atoms with Crippen molar-refractivity contribution in [1.29, 1.82) is 0 Å². The van der Waals surface area contributed by atoms with Crippen LogP contribution in [-0.2, 0) is 25.0 Å². The molecule has 0 radical (unpaired) electrons. The fraction of sp³-hybridized carbons (Fsp3) is 0.138. The van der Waals surface area contributed by atoms with Crippen molar-refractivity contribution in [3.05, 3.63) is 109 Å². The van der Waals surface area contributed by atoms with E-state index >= 15 is 0 Å². The molecule has 1 amide bonds. The molecule has 0 heterocycles. The molecule has 0 saturated heterocycles. The number of benzene rings is 3. The molecular formula is C29H38N4O9S2. The summed E-state index contributed by atoms with van der Waals surface area (Å²) >= 11 is 0. The van der Waals surface area contributed by atoms with Gasteiger partial charge < -0.3 is 32.4 Å². The number of ether oxygens (including phenoxy) is 1. The van der Waals surface area contributed by atoms with Crippen molar-refractivity contribution in [3.63, 3.8) is 0 Å². The molecule has 44 heavy (non-hydrogen) atoms. The monoisotopic (exact) mass is 650 g/mol. The fourth-order valence-electron chi connectivity index (χ4n) is 2.62. The van der Waals surface area contributed by atoms with Gasteiger partial charge in [-0.2, -0.15) is 16.8 Å². The molecule has 13 nitrogen and oxygen atoms in total. The zero-order valence-corrected chi connectivity index (χ0v) is 26.0. The number of nitrogens with one attached hydrogen (secondary N) is 1. The summed E-state index contributed by atoms with van der Waals surface area (Å²) in [5, 5.41) is 11.4. The summed E-state index contributed by atoms with van der Waals surface area (Å²) < 4.78 is 61.5. The average molecular weight is 651 g/mol. The zero-order valence-electron chi connectivity index (χ0n) is 24.4. The van der Waals surface area contributed by atoms with Gasteiger partial charge in [-0.3, -0.25) is 13.9 Å². The van der Waals surface area contributed by atoms with Crippen LogP contribution in [0.3, 0.4) is 0 Å². The number of aromatic hydroxyl groups is 1. The minimum Gasteiger partial charge on any atom is -0.508 e. The van der Waals surface area contributed by atoms with Crippen LogP contribution in [0.5, 0.6) is 11.5 Å². The molecule has 0 aromatic heterocycles. The van der Waals surface area contributed by atoms with Crippen LogP contribution in [0.4, 0.5) is 17.1 Å². The third kappa shape index (κ3) is 17.9. The Morgan fingerprint density at radius 3 is 1.89 bits per heavy atom. The van der Waals surface area contributed by atoms with Crippen LogP contribution < -0.4 is 27.3 Å². The van der Waals surface area contributed by atoms with E-state index in [9.17, 15) is 21.6 Å². The fourth-order valence-corrected chi connectivity index (χ4v) is 3.10. The highest BCUT2D eigenvalue weighted by Gasteiger charge is 2.10. The van der Waals surface area contributed by atoms with Gasteiger partial charge in [-0.15, -0.1) is 0 Å². The Bertz CT molecular complexity index is 1610. The third-order valence-electron chi connectivity index (χ3n) is 4.77. The van der Waals surface area contributed by atoms with E-state index in [1.807, 2.05) is 13.0 Å². The Morgan fingerprint density at radius 1 is 0.932 bits per heavy atom. The highest BCUT2D eigenvalue weighted by atomic mass is 32.2. The predicted molar refractivity (Wildman–Crippen MR) is 173 cm³/mol. The SMILES string of the molecule is CCS(=O)(=O)O.C\C=C/C(=C\C=C\N)C(=O)Nc1ccc(N)cc1OC.Nc1ccc(S(=O)(=O)O)cc1.Oc1ccccc1. The Labute approximate surface area is 257 Å². The number of phenolic OH excluding ortho intramolecular Hbond substituents is 1. The van der Waals surface area contributed by atoms with Gasteiger partial charge in [0, 0.05) is 23.0 Å². The summed E-state index contributed by atoms with van der Waals surface area (Å²) in [6.07, 6.45) is 8.05. The number of allylic oxidation sites excluding steroid dienone is 3. The number of methoxy groups -OCH3 is 1. The molecular weight excluding hydrogens is 612 g/mol. The van der Waals surface area contributed by atoms with Crippen LogP contribution in [0, 0.1) is 0 Å². The van der Waals surface area contributed by atoms with Gasteiger partial charge in [0.2, 0.25) is 0 Å². The lowest BCUT2D eigenvalue weighted by atomic mass is 10.2. The Morgan fingerprint density at radius 2 is 1.48 bits per heavy atom. The van der Waals surface area contributed by atoms with Crippen LogP contribution >= 0.6 is 0 Å². The van der Waals surface area contributed by atoms with E-state index in [0.29, 0.717) is 34.1 Å². The van der Waals surface area contributed by atoms with Crippen molar-refractivity contribution in [1.82, 2.24) is 0 Å². The maximum absolute atomic E-state index is 12.2. The Kier molecular flexibility index (Phi) is 17.9.